The number of amides is 2. The topological polar surface area (TPSA) is 65.5 Å². The zero-order valence-corrected chi connectivity index (χ0v) is 12.3. The van der Waals surface area contributed by atoms with E-state index in [-0.39, 0.29) is 18.2 Å². The average molecular weight is 298 g/mol. The Morgan fingerprint density at radius 2 is 2.15 bits per heavy atom. The minimum Gasteiger partial charge on any atom is -0.393 e. The summed E-state index contributed by atoms with van der Waals surface area (Å²) in [5.41, 5.74) is 0.936. The monoisotopic (exact) mass is 297 g/mol. The van der Waals surface area contributed by atoms with Gasteiger partial charge in [-0.05, 0) is 37.3 Å². The maximum atomic E-state index is 12.1. The fourth-order valence-electron chi connectivity index (χ4n) is 2.35. The molecule has 2 N–H and O–H groups in total. The Balaban J connectivity index is 1.81. The van der Waals surface area contributed by atoms with Crippen LogP contribution in [0.15, 0.2) is 18.3 Å². The number of nitrogens with one attached hydrogen (secondary N) is 1. The van der Waals surface area contributed by atoms with Crippen LogP contribution in [0.5, 0.6) is 0 Å². The van der Waals surface area contributed by atoms with Gasteiger partial charge in [0.05, 0.1) is 6.10 Å². The van der Waals surface area contributed by atoms with Gasteiger partial charge in [0.2, 0.25) is 0 Å². The molecule has 0 saturated heterocycles. The third-order valence-electron chi connectivity index (χ3n) is 3.58. The lowest BCUT2D eigenvalue weighted by molar-refractivity contribution is 0.115. The van der Waals surface area contributed by atoms with Gasteiger partial charge in [-0.25, -0.2) is 9.78 Å². The number of nitrogens with zero attached hydrogens (tertiary/aromatic N) is 2. The van der Waals surface area contributed by atoms with Crippen LogP contribution in [0.1, 0.15) is 31.2 Å². The lowest BCUT2D eigenvalue weighted by Crippen LogP contribution is -2.44. The summed E-state index contributed by atoms with van der Waals surface area (Å²) in [6.45, 7) is 0.491. The number of aliphatic hydroxyl groups is 1. The third-order valence-corrected chi connectivity index (χ3v) is 3.80. The normalized spacial score (nSPS) is 22.4. The molecule has 2 rings (SSSR count). The molecule has 0 bridgehead atoms. The summed E-state index contributed by atoms with van der Waals surface area (Å²) >= 11 is 5.73. The van der Waals surface area contributed by atoms with Gasteiger partial charge in [-0.2, -0.15) is 0 Å². The highest BCUT2D eigenvalue weighted by atomic mass is 35.5. The van der Waals surface area contributed by atoms with E-state index in [4.69, 9.17) is 11.6 Å². The van der Waals surface area contributed by atoms with Crippen LogP contribution in [0.25, 0.3) is 0 Å². The standard InChI is InChI=1S/C14H20ClN3O2/c1-18(9-10-2-7-13(15)16-8-10)14(20)17-11-3-5-12(19)6-4-11/h2,7-8,11-12,19H,3-6,9H2,1H3,(H,17,20). The molecule has 0 spiro atoms. The van der Waals surface area contributed by atoms with E-state index in [1.165, 1.54) is 0 Å². The van der Waals surface area contributed by atoms with Gasteiger partial charge >= 0.3 is 6.03 Å². The van der Waals surface area contributed by atoms with Crippen molar-refractivity contribution in [3.8, 4) is 0 Å². The largest absolute Gasteiger partial charge is 0.393 e. The van der Waals surface area contributed by atoms with E-state index in [0.29, 0.717) is 11.7 Å². The quantitative estimate of drug-likeness (QED) is 0.841. The van der Waals surface area contributed by atoms with Crippen LogP contribution in [0, 0.1) is 0 Å². The number of hydrogen-bond acceptors (Lipinski definition) is 3. The number of rotatable bonds is 3. The lowest BCUT2D eigenvalue weighted by atomic mass is 9.93. The first-order valence-electron chi connectivity index (χ1n) is 6.84. The lowest BCUT2D eigenvalue weighted by Gasteiger charge is -2.28. The molecule has 2 amide bonds. The summed E-state index contributed by atoms with van der Waals surface area (Å²) in [7, 11) is 1.75. The van der Waals surface area contributed by atoms with E-state index in [1.807, 2.05) is 6.07 Å². The fourth-order valence-corrected chi connectivity index (χ4v) is 2.46. The van der Waals surface area contributed by atoms with Gasteiger partial charge in [0.15, 0.2) is 0 Å². The average Bonchev–Trinajstić information content (AvgIpc) is 2.44. The first-order chi connectivity index (χ1) is 9.54. The number of aliphatic hydroxyl groups excluding tert-OH is 1. The molecular weight excluding hydrogens is 278 g/mol. The van der Waals surface area contributed by atoms with Gasteiger partial charge in [0, 0.05) is 25.8 Å². The molecule has 1 heterocycles. The van der Waals surface area contributed by atoms with E-state index < -0.39 is 0 Å². The second-order valence-electron chi connectivity index (χ2n) is 5.30. The highest BCUT2D eigenvalue weighted by Crippen LogP contribution is 2.18. The van der Waals surface area contributed by atoms with E-state index in [9.17, 15) is 9.90 Å². The molecule has 1 aliphatic rings. The fraction of sp³-hybridized carbons (Fsp3) is 0.571. The van der Waals surface area contributed by atoms with Gasteiger partial charge in [-0.1, -0.05) is 17.7 Å². The van der Waals surface area contributed by atoms with Gasteiger partial charge in [0.25, 0.3) is 0 Å². The summed E-state index contributed by atoms with van der Waals surface area (Å²) in [4.78, 5) is 17.7. The van der Waals surface area contributed by atoms with Crippen LogP contribution in [0.2, 0.25) is 5.15 Å². The van der Waals surface area contributed by atoms with Crippen molar-refractivity contribution in [1.29, 1.82) is 0 Å². The van der Waals surface area contributed by atoms with Gasteiger partial charge in [-0.3, -0.25) is 0 Å². The first kappa shape index (κ1) is 15.1. The Morgan fingerprint density at radius 3 is 2.75 bits per heavy atom. The van der Waals surface area contributed by atoms with Crippen LogP contribution in [-0.4, -0.2) is 40.2 Å². The van der Waals surface area contributed by atoms with Crippen molar-refractivity contribution in [1.82, 2.24) is 15.2 Å². The van der Waals surface area contributed by atoms with Crippen molar-refractivity contribution in [2.24, 2.45) is 0 Å². The molecule has 1 aliphatic carbocycles. The van der Waals surface area contributed by atoms with Crippen LogP contribution >= 0.6 is 11.6 Å². The van der Waals surface area contributed by atoms with Crippen LogP contribution in [0.4, 0.5) is 4.79 Å². The van der Waals surface area contributed by atoms with Gasteiger partial charge < -0.3 is 15.3 Å². The SMILES string of the molecule is CN(Cc1ccc(Cl)nc1)C(=O)NC1CCC(O)CC1. The second kappa shape index (κ2) is 6.90. The van der Waals surface area contributed by atoms with Crippen molar-refractivity contribution < 1.29 is 9.90 Å². The maximum Gasteiger partial charge on any atom is 0.317 e. The summed E-state index contributed by atoms with van der Waals surface area (Å²) in [5, 5.41) is 12.9. The molecule has 0 aromatic carbocycles. The summed E-state index contributed by atoms with van der Waals surface area (Å²) in [6.07, 6.45) is 4.65. The molecule has 0 aliphatic heterocycles. The van der Waals surface area contributed by atoms with Gasteiger partial charge in [0.1, 0.15) is 5.15 Å². The molecule has 6 heteroatoms. The number of carbonyl (C=O) groups is 1. The number of aromatic nitrogens is 1. The molecule has 1 aromatic rings. The maximum absolute atomic E-state index is 12.1. The Bertz CT molecular complexity index is 444. The van der Waals surface area contributed by atoms with Crippen LogP contribution < -0.4 is 5.32 Å². The molecular formula is C14H20ClN3O2. The molecule has 110 valence electrons. The number of halogens is 1. The predicted octanol–water partition coefficient (Wildman–Crippen LogP) is 2.18. The smallest absolute Gasteiger partial charge is 0.317 e. The van der Waals surface area contributed by atoms with Crippen LogP contribution in [-0.2, 0) is 6.54 Å². The molecule has 0 radical (unpaired) electrons. The van der Waals surface area contributed by atoms with Crippen LogP contribution in [0.3, 0.4) is 0 Å². The zero-order valence-electron chi connectivity index (χ0n) is 11.6. The van der Waals surface area contributed by atoms with E-state index >= 15 is 0 Å². The van der Waals surface area contributed by atoms with E-state index in [2.05, 4.69) is 10.3 Å². The summed E-state index contributed by atoms with van der Waals surface area (Å²) < 4.78 is 0. The van der Waals surface area contributed by atoms with Crippen molar-refractivity contribution in [2.75, 3.05) is 7.05 Å². The molecule has 1 fully saturated rings. The minimum absolute atomic E-state index is 0.0960. The Morgan fingerprint density at radius 1 is 1.45 bits per heavy atom. The van der Waals surface area contributed by atoms with E-state index in [0.717, 1.165) is 31.2 Å². The third kappa shape index (κ3) is 4.35. The Hall–Kier alpha value is -1.33. The van der Waals surface area contributed by atoms with E-state index in [1.54, 1.807) is 24.2 Å². The highest BCUT2D eigenvalue weighted by molar-refractivity contribution is 6.29. The molecule has 1 saturated carbocycles. The van der Waals surface area contributed by atoms with Crippen molar-refractivity contribution >= 4 is 17.6 Å². The van der Waals surface area contributed by atoms with Gasteiger partial charge in [-0.15, -0.1) is 0 Å². The Labute approximate surface area is 123 Å². The van der Waals surface area contributed by atoms with Crippen molar-refractivity contribution in [2.45, 2.75) is 44.4 Å². The van der Waals surface area contributed by atoms with Crippen molar-refractivity contribution in [3.63, 3.8) is 0 Å². The molecule has 20 heavy (non-hydrogen) atoms. The van der Waals surface area contributed by atoms with Crippen molar-refractivity contribution in [3.05, 3.63) is 29.0 Å². The second-order valence-corrected chi connectivity index (χ2v) is 5.69. The minimum atomic E-state index is -0.207. The highest BCUT2D eigenvalue weighted by Gasteiger charge is 2.21. The molecule has 0 atom stereocenters. The summed E-state index contributed by atoms with van der Waals surface area (Å²) in [5.74, 6) is 0. The first-order valence-corrected chi connectivity index (χ1v) is 7.22. The number of carbonyl (C=O) groups excluding carboxylic acids is 1. The number of pyridine rings is 1. The zero-order chi connectivity index (χ0) is 14.5. The molecule has 5 nitrogen and oxygen atoms in total. The number of urea groups is 1. The predicted molar refractivity (Wildman–Crippen MR) is 77.5 cm³/mol. The number of hydrogen-bond donors (Lipinski definition) is 2. The summed E-state index contributed by atoms with van der Waals surface area (Å²) in [6, 6.07) is 3.64. The molecule has 1 aromatic heterocycles. The molecule has 0 unspecified atom stereocenters. The Kier molecular flexibility index (Phi) is 5.20.